The number of carbonyl (C=O) groups excluding carboxylic acids is 1. The summed E-state index contributed by atoms with van der Waals surface area (Å²) in [6.07, 6.45) is 0. The number of carboxylic acid groups (broad SMARTS) is 1. The summed E-state index contributed by atoms with van der Waals surface area (Å²) in [5.41, 5.74) is 0.375. The van der Waals surface area contributed by atoms with Gasteiger partial charge in [0.1, 0.15) is 6.61 Å². The normalized spacial score (nSPS) is 21.5. The molecule has 1 aliphatic rings. The summed E-state index contributed by atoms with van der Waals surface area (Å²) in [6.45, 7) is 4.65. The molecule has 0 aromatic heterocycles. The maximum absolute atomic E-state index is 11.6. The molecule has 1 saturated carbocycles. The number of hydrogen-bond donors (Lipinski definition) is 3. The number of hydrogen-bond acceptors (Lipinski definition) is 6. The van der Waals surface area contributed by atoms with Gasteiger partial charge in [0.25, 0.3) is 0 Å². The number of carbonyl (C=O) groups is 2. The van der Waals surface area contributed by atoms with Crippen molar-refractivity contribution in [1.29, 1.82) is 0 Å². The molecule has 108 valence electrons. The van der Waals surface area contributed by atoms with Gasteiger partial charge in [0.05, 0.1) is 25.0 Å². The zero-order chi connectivity index (χ0) is 14.4. The van der Waals surface area contributed by atoms with Crippen LogP contribution < -0.4 is 0 Å². The summed E-state index contributed by atoms with van der Waals surface area (Å²) >= 11 is 0. The predicted molar refractivity (Wildman–Crippen MR) is 65.3 cm³/mol. The van der Waals surface area contributed by atoms with E-state index >= 15 is 0 Å². The van der Waals surface area contributed by atoms with Crippen LogP contribution in [0.5, 0.6) is 0 Å². The summed E-state index contributed by atoms with van der Waals surface area (Å²) in [5.74, 6) is -3.19. The van der Waals surface area contributed by atoms with Gasteiger partial charge in [-0.15, -0.1) is 0 Å². The second-order valence-corrected chi connectivity index (χ2v) is 4.32. The number of ether oxygens (including phenoxy) is 1. The highest BCUT2D eigenvalue weighted by Gasteiger charge is 2.54. The number of rotatable bonds is 9. The van der Waals surface area contributed by atoms with Crippen molar-refractivity contribution in [3.63, 3.8) is 0 Å². The smallest absolute Gasteiger partial charge is 0.314 e. The van der Waals surface area contributed by atoms with Crippen LogP contribution in [0.15, 0.2) is 12.2 Å². The van der Waals surface area contributed by atoms with Crippen LogP contribution in [0.4, 0.5) is 0 Å². The molecule has 0 bridgehead atoms. The van der Waals surface area contributed by atoms with E-state index in [1.165, 1.54) is 0 Å². The molecule has 2 atom stereocenters. The number of aliphatic hydroxyl groups is 2. The van der Waals surface area contributed by atoms with Crippen molar-refractivity contribution in [3.8, 4) is 0 Å². The van der Waals surface area contributed by atoms with Crippen molar-refractivity contribution in [2.45, 2.75) is 0 Å². The molecule has 7 heteroatoms. The Hall–Kier alpha value is -1.44. The second kappa shape index (κ2) is 7.22. The van der Waals surface area contributed by atoms with Crippen LogP contribution in [0.25, 0.3) is 0 Å². The molecule has 7 nitrogen and oxygen atoms in total. The number of esters is 1. The van der Waals surface area contributed by atoms with Crippen LogP contribution in [0, 0.1) is 11.8 Å². The van der Waals surface area contributed by atoms with Crippen LogP contribution in [-0.2, 0) is 14.3 Å². The molecule has 3 N–H and O–H groups in total. The highest BCUT2D eigenvalue weighted by molar-refractivity contribution is 5.93. The lowest BCUT2D eigenvalue weighted by atomic mass is 10.3. The number of nitrogens with zero attached hydrogens (tertiary/aromatic N) is 1. The third-order valence-corrected chi connectivity index (χ3v) is 3.03. The zero-order valence-corrected chi connectivity index (χ0v) is 10.6. The highest BCUT2D eigenvalue weighted by Crippen LogP contribution is 2.45. The summed E-state index contributed by atoms with van der Waals surface area (Å²) in [7, 11) is 0. The number of aliphatic hydroxyl groups excluding tert-OH is 2. The van der Waals surface area contributed by atoms with Crippen LogP contribution in [-0.4, -0.2) is 71.6 Å². The molecule has 0 spiro atoms. The van der Waals surface area contributed by atoms with Gasteiger partial charge in [0, 0.05) is 19.6 Å². The maximum Gasteiger partial charge on any atom is 0.314 e. The summed E-state index contributed by atoms with van der Waals surface area (Å²) in [6, 6.07) is 0. The number of carboxylic acids is 1. The molecule has 0 radical (unpaired) electrons. The van der Waals surface area contributed by atoms with Crippen molar-refractivity contribution in [2.75, 3.05) is 39.5 Å². The van der Waals surface area contributed by atoms with E-state index in [1.54, 1.807) is 4.90 Å². The fourth-order valence-corrected chi connectivity index (χ4v) is 1.89. The van der Waals surface area contributed by atoms with Gasteiger partial charge >= 0.3 is 11.9 Å². The quantitative estimate of drug-likeness (QED) is 0.354. The summed E-state index contributed by atoms with van der Waals surface area (Å²) < 4.78 is 4.97. The minimum atomic E-state index is -1.06. The molecule has 0 aromatic carbocycles. The fourth-order valence-electron chi connectivity index (χ4n) is 1.89. The molecule has 0 amide bonds. The highest BCUT2D eigenvalue weighted by atomic mass is 16.5. The van der Waals surface area contributed by atoms with E-state index in [4.69, 9.17) is 20.1 Å². The third-order valence-electron chi connectivity index (χ3n) is 3.03. The monoisotopic (exact) mass is 273 g/mol. The molecule has 0 aliphatic heterocycles. The first-order valence-corrected chi connectivity index (χ1v) is 6.05. The zero-order valence-electron chi connectivity index (χ0n) is 10.6. The molecule has 0 saturated heterocycles. The molecule has 19 heavy (non-hydrogen) atoms. The Balaban J connectivity index is 2.27. The van der Waals surface area contributed by atoms with Gasteiger partial charge in [-0.25, -0.2) is 0 Å². The van der Waals surface area contributed by atoms with Gasteiger partial charge in [0.2, 0.25) is 0 Å². The van der Waals surface area contributed by atoms with Gasteiger partial charge in [0.15, 0.2) is 0 Å². The van der Waals surface area contributed by atoms with Gasteiger partial charge in [-0.3, -0.25) is 14.5 Å². The molecule has 1 rings (SSSR count). The molecular formula is C12H19NO6. The Labute approximate surface area is 111 Å². The van der Waals surface area contributed by atoms with E-state index in [9.17, 15) is 9.59 Å². The van der Waals surface area contributed by atoms with E-state index in [-0.39, 0.29) is 19.8 Å². The van der Waals surface area contributed by atoms with Crippen LogP contribution in [0.3, 0.4) is 0 Å². The standard InChI is InChI=1S/C12H19NO6/c1-8-9(11(16)17)10(8)12(18)19-7-4-13(2-5-14)3-6-15/h9-10,14-15H,1-7H2,(H,16,17). The first-order chi connectivity index (χ1) is 9.02. The largest absolute Gasteiger partial charge is 0.481 e. The molecule has 1 fully saturated rings. The molecule has 1 aliphatic carbocycles. The Morgan fingerprint density at radius 2 is 1.74 bits per heavy atom. The fraction of sp³-hybridized carbons (Fsp3) is 0.667. The Morgan fingerprint density at radius 1 is 1.16 bits per heavy atom. The van der Waals surface area contributed by atoms with Crippen molar-refractivity contribution < 1.29 is 29.6 Å². The van der Waals surface area contributed by atoms with Gasteiger partial charge in [-0.2, -0.15) is 0 Å². The topological polar surface area (TPSA) is 107 Å². The van der Waals surface area contributed by atoms with Crippen molar-refractivity contribution in [1.82, 2.24) is 4.90 Å². The third kappa shape index (κ3) is 4.30. The van der Waals surface area contributed by atoms with E-state index in [1.807, 2.05) is 0 Å². The number of aliphatic carboxylic acids is 1. The summed E-state index contributed by atoms with van der Waals surface area (Å²) in [4.78, 5) is 24.0. The van der Waals surface area contributed by atoms with E-state index in [2.05, 4.69) is 6.58 Å². The summed E-state index contributed by atoms with van der Waals surface area (Å²) in [5, 5.41) is 26.3. The van der Waals surface area contributed by atoms with E-state index in [0.29, 0.717) is 25.2 Å². The van der Waals surface area contributed by atoms with Crippen LogP contribution in [0.2, 0.25) is 0 Å². The SMILES string of the molecule is C=C1C(C(=O)O)C1C(=O)OCCN(CCO)CCO. The maximum atomic E-state index is 11.6. The first-order valence-electron chi connectivity index (χ1n) is 6.05. The van der Waals surface area contributed by atoms with Crippen molar-refractivity contribution >= 4 is 11.9 Å². The van der Waals surface area contributed by atoms with Gasteiger partial charge in [-0.1, -0.05) is 6.58 Å². The van der Waals surface area contributed by atoms with Crippen molar-refractivity contribution in [3.05, 3.63) is 12.2 Å². The average molecular weight is 273 g/mol. The molecule has 0 aromatic rings. The molecule has 0 heterocycles. The molecular weight excluding hydrogens is 254 g/mol. The minimum absolute atomic E-state index is 0.0472. The van der Waals surface area contributed by atoms with E-state index < -0.39 is 23.8 Å². The lowest BCUT2D eigenvalue weighted by molar-refractivity contribution is -0.149. The van der Waals surface area contributed by atoms with Crippen molar-refractivity contribution in [2.24, 2.45) is 11.8 Å². The second-order valence-electron chi connectivity index (χ2n) is 4.32. The van der Waals surface area contributed by atoms with Gasteiger partial charge < -0.3 is 20.1 Å². The average Bonchev–Trinajstić information content (AvgIpc) is 3.01. The van der Waals surface area contributed by atoms with E-state index in [0.717, 1.165) is 0 Å². The Morgan fingerprint density at radius 3 is 2.16 bits per heavy atom. The first kappa shape index (κ1) is 15.6. The van der Waals surface area contributed by atoms with Crippen LogP contribution >= 0.6 is 0 Å². The van der Waals surface area contributed by atoms with Crippen LogP contribution in [0.1, 0.15) is 0 Å². The lowest BCUT2D eigenvalue weighted by Gasteiger charge is -2.19. The molecule has 2 unspecified atom stereocenters. The van der Waals surface area contributed by atoms with Gasteiger partial charge in [-0.05, 0) is 5.57 Å². The predicted octanol–water partition coefficient (Wildman–Crippen LogP) is -1.30. The minimum Gasteiger partial charge on any atom is -0.481 e. The Bertz CT molecular complexity index is 350. The Kier molecular flexibility index (Phi) is 5.94. The lowest BCUT2D eigenvalue weighted by Crippen LogP contribution is -2.33.